The number of nitrogens with one attached hydrogen (secondary N) is 2. The molecule has 2 atom stereocenters. The van der Waals surface area contributed by atoms with Crippen molar-refractivity contribution in [2.24, 2.45) is 11.7 Å². The van der Waals surface area contributed by atoms with Crippen LogP contribution in [-0.2, 0) is 19.6 Å². The van der Waals surface area contributed by atoms with Crippen molar-refractivity contribution >= 4 is 27.3 Å². The highest BCUT2D eigenvalue weighted by Crippen LogP contribution is 2.19. The summed E-state index contributed by atoms with van der Waals surface area (Å²) < 4.78 is 30.0. The van der Waals surface area contributed by atoms with E-state index in [1.54, 1.807) is 24.3 Å². The van der Waals surface area contributed by atoms with Crippen molar-refractivity contribution in [2.45, 2.75) is 12.5 Å². The average Bonchev–Trinajstić information content (AvgIpc) is 2.37. The number of benzene rings is 1. The first kappa shape index (κ1) is 15.7. The Morgan fingerprint density at radius 3 is 2.71 bits per heavy atom. The van der Waals surface area contributed by atoms with E-state index in [1.807, 2.05) is 0 Å². The predicted octanol–water partition coefficient (Wildman–Crippen LogP) is 0.360. The van der Waals surface area contributed by atoms with Gasteiger partial charge in [-0.3, -0.25) is 9.52 Å². The number of hydrogen-bond acceptors (Lipinski definition) is 5. The Labute approximate surface area is 123 Å². The normalized spacial score (nSPS) is 22.6. The van der Waals surface area contributed by atoms with E-state index in [0.29, 0.717) is 31.0 Å². The van der Waals surface area contributed by atoms with Gasteiger partial charge in [-0.15, -0.1) is 0 Å². The molecule has 0 radical (unpaired) electrons. The number of hydrogen-bond donors (Lipinski definition) is 3. The van der Waals surface area contributed by atoms with E-state index in [-0.39, 0.29) is 17.9 Å². The van der Waals surface area contributed by atoms with E-state index < -0.39 is 10.0 Å². The summed E-state index contributed by atoms with van der Waals surface area (Å²) in [7, 11) is -3.35. The third-order valence-corrected chi connectivity index (χ3v) is 3.65. The molecule has 1 fully saturated rings. The quantitative estimate of drug-likeness (QED) is 0.743. The highest BCUT2D eigenvalue weighted by molar-refractivity contribution is 7.92. The van der Waals surface area contributed by atoms with Gasteiger partial charge in [0.2, 0.25) is 15.9 Å². The van der Waals surface area contributed by atoms with E-state index in [0.717, 1.165) is 6.26 Å². The monoisotopic (exact) mass is 313 g/mol. The summed E-state index contributed by atoms with van der Waals surface area (Å²) >= 11 is 0. The molecule has 0 bridgehead atoms. The molecule has 7 nitrogen and oxygen atoms in total. The highest BCUT2D eigenvalue weighted by atomic mass is 32.2. The zero-order valence-electron chi connectivity index (χ0n) is 11.7. The largest absolute Gasteiger partial charge is 0.379 e. The number of anilines is 2. The van der Waals surface area contributed by atoms with Gasteiger partial charge in [0.05, 0.1) is 31.1 Å². The van der Waals surface area contributed by atoms with Crippen LogP contribution in [0.2, 0.25) is 0 Å². The van der Waals surface area contributed by atoms with Gasteiger partial charge < -0.3 is 15.8 Å². The van der Waals surface area contributed by atoms with Gasteiger partial charge in [-0.05, 0) is 24.6 Å². The van der Waals surface area contributed by atoms with Crippen LogP contribution in [0.1, 0.15) is 6.42 Å². The van der Waals surface area contributed by atoms with Crippen molar-refractivity contribution in [3.63, 3.8) is 0 Å². The van der Waals surface area contributed by atoms with Crippen molar-refractivity contribution in [3.05, 3.63) is 24.3 Å². The first-order valence-electron chi connectivity index (χ1n) is 6.55. The lowest BCUT2D eigenvalue weighted by atomic mass is 9.98. The molecular formula is C13H19N3O4S. The van der Waals surface area contributed by atoms with Crippen LogP contribution in [0.5, 0.6) is 0 Å². The number of nitrogens with two attached hydrogens (primary N) is 1. The first-order chi connectivity index (χ1) is 9.83. The van der Waals surface area contributed by atoms with Crippen molar-refractivity contribution in [3.8, 4) is 0 Å². The van der Waals surface area contributed by atoms with Crippen LogP contribution >= 0.6 is 0 Å². The van der Waals surface area contributed by atoms with Gasteiger partial charge in [-0.1, -0.05) is 6.07 Å². The smallest absolute Gasteiger partial charge is 0.229 e. The predicted molar refractivity (Wildman–Crippen MR) is 80.4 cm³/mol. The molecule has 1 heterocycles. The zero-order valence-corrected chi connectivity index (χ0v) is 12.5. The summed E-state index contributed by atoms with van der Waals surface area (Å²) in [5.41, 5.74) is 6.68. The second-order valence-corrected chi connectivity index (χ2v) is 6.92. The van der Waals surface area contributed by atoms with Gasteiger partial charge in [0.25, 0.3) is 0 Å². The topological polar surface area (TPSA) is 111 Å². The fraction of sp³-hybridized carbons (Fsp3) is 0.462. The molecule has 1 aliphatic rings. The highest BCUT2D eigenvalue weighted by Gasteiger charge is 2.26. The SMILES string of the molecule is CS(=O)(=O)Nc1cccc(NC(=O)C2COC[C@H](N)C2)c1. The Morgan fingerprint density at radius 1 is 1.33 bits per heavy atom. The third kappa shape index (κ3) is 5.00. The number of ether oxygens (including phenoxy) is 1. The third-order valence-electron chi connectivity index (χ3n) is 3.04. The van der Waals surface area contributed by atoms with Crippen LogP contribution in [0.25, 0.3) is 0 Å². The minimum Gasteiger partial charge on any atom is -0.379 e. The van der Waals surface area contributed by atoms with Gasteiger partial charge in [0.15, 0.2) is 0 Å². The van der Waals surface area contributed by atoms with Crippen molar-refractivity contribution in [2.75, 3.05) is 29.5 Å². The van der Waals surface area contributed by atoms with E-state index in [1.165, 1.54) is 0 Å². The van der Waals surface area contributed by atoms with E-state index in [2.05, 4.69) is 10.0 Å². The molecule has 1 saturated heterocycles. The molecule has 0 saturated carbocycles. The summed E-state index contributed by atoms with van der Waals surface area (Å²) in [6, 6.07) is 6.38. The molecule has 8 heteroatoms. The molecule has 1 unspecified atom stereocenters. The number of amides is 1. The molecule has 0 aliphatic carbocycles. The second-order valence-electron chi connectivity index (χ2n) is 5.17. The average molecular weight is 313 g/mol. The number of carbonyl (C=O) groups is 1. The van der Waals surface area contributed by atoms with Gasteiger partial charge in [-0.25, -0.2) is 8.42 Å². The number of rotatable bonds is 4. The maximum atomic E-state index is 12.1. The van der Waals surface area contributed by atoms with Crippen molar-refractivity contribution in [1.29, 1.82) is 0 Å². The summed E-state index contributed by atoms with van der Waals surface area (Å²) in [4.78, 5) is 12.1. The van der Waals surface area contributed by atoms with E-state index >= 15 is 0 Å². The molecule has 4 N–H and O–H groups in total. The molecule has 1 aliphatic heterocycles. The lowest BCUT2D eigenvalue weighted by Gasteiger charge is -2.26. The minimum absolute atomic E-state index is 0.132. The fourth-order valence-corrected chi connectivity index (χ4v) is 2.72. The molecule has 1 aromatic carbocycles. The Bertz CT molecular complexity index is 618. The summed E-state index contributed by atoms with van der Waals surface area (Å²) in [6.07, 6.45) is 1.64. The molecule has 1 amide bonds. The lowest BCUT2D eigenvalue weighted by molar-refractivity contribution is -0.124. The zero-order chi connectivity index (χ0) is 15.5. The molecule has 0 aromatic heterocycles. The van der Waals surface area contributed by atoms with Crippen molar-refractivity contribution < 1.29 is 17.9 Å². The van der Waals surface area contributed by atoms with Gasteiger partial charge in [0, 0.05) is 11.7 Å². The summed E-state index contributed by atoms with van der Waals surface area (Å²) in [6.45, 7) is 0.818. The van der Waals surface area contributed by atoms with Gasteiger partial charge >= 0.3 is 0 Å². The lowest BCUT2D eigenvalue weighted by Crippen LogP contribution is -2.40. The van der Waals surface area contributed by atoms with Crippen LogP contribution in [0.15, 0.2) is 24.3 Å². The first-order valence-corrected chi connectivity index (χ1v) is 8.44. The van der Waals surface area contributed by atoms with Crippen LogP contribution in [0, 0.1) is 5.92 Å². The number of sulfonamides is 1. The number of carbonyl (C=O) groups excluding carboxylic acids is 1. The molecule has 0 spiro atoms. The Morgan fingerprint density at radius 2 is 2.05 bits per heavy atom. The molecule has 2 rings (SSSR count). The minimum atomic E-state index is -3.35. The maximum Gasteiger partial charge on any atom is 0.229 e. The van der Waals surface area contributed by atoms with Crippen LogP contribution in [-0.4, -0.2) is 39.8 Å². The van der Waals surface area contributed by atoms with Crippen LogP contribution in [0.3, 0.4) is 0 Å². The van der Waals surface area contributed by atoms with Gasteiger partial charge in [0.1, 0.15) is 0 Å². The maximum absolute atomic E-state index is 12.1. The van der Waals surface area contributed by atoms with E-state index in [9.17, 15) is 13.2 Å². The van der Waals surface area contributed by atoms with Crippen LogP contribution in [0.4, 0.5) is 11.4 Å². The molecule has 116 valence electrons. The van der Waals surface area contributed by atoms with Gasteiger partial charge in [-0.2, -0.15) is 0 Å². The fourth-order valence-electron chi connectivity index (χ4n) is 2.16. The standard InChI is InChI=1S/C13H19N3O4S/c1-21(18,19)16-12-4-2-3-11(6-12)15-13(17)9-5-10(14)8-20-7-9/h2-4,6,9-10,16H,5,7-8,14H2,1H3,(H,15,17)/t9?,10-/m1/s1. The summed E-state index contributed by atoms with van der Waals surface area (Å²) in [5, 5.41) is 2.75. The molecule has 21 heavy (non-hydrogen) atoms. The van der Waals surface area contributed by atoms with E-state index in [4.69, 9.17) is 10.5 Å². The Balaban J connectivity index is 2.02. The molecule has 1 aromatic rings. The summed E-state index contributed by atoms with van der Waals surface area (Å²) in [5.74, 6) is -0.470. The molecular weight excluding hydrogens is 294 g/mol. The Kier molecular flexibility index (Phi) is 4.81. The van der Waals surface area contributed by atoms with Crippen molar-refractivity contribution in [1.82, 2.24) is 0 Å². The Hall–Kier alpha value is -1.64. The second kappa shape index (κ2) is 6.42. The van der Waals surface area contributed by atoms with Crippen LogP contribution < -0.4 is 15.8 Å².